The third kappa shape index (κ3) is 7.84. The molecule has 0 fully saturated rings. The highest BCUT2D eigenvalue weighted by atomic mass is 32.1. The number of rotatable bonds is 7. The molecule has 30 heavy (non-hydrogen) atoms. The number of hydrogen-bond donors (Lipinski definition) is 4. The van der Waals surface area contributed by atoms with Crippen molar-refractivity contribution in [1.29, 1.82) is 0 Å². The summed E-state index contributed by atoms with van der Waals surface area (Å²) >= 11 is 4.90. The minimum Gasteiger partial charge on any atom is -0.494 e. The second kappa shape index (κ2) is 11.5. The van der Waals surface area contributed by atoms with Crippen molar-refractivity contribution in [3.63, 3.8) is 0 Å². The molecule has 0 aliphatic heterocycles. The lowest BCUT2D eigenvalue weighted by Crippen LogP contribution is -2.48. The van der Waals surface area contributed by atoms with Gasteiger partial charge in [-0.1, -0.05) is 0 Å². The van der Waals surface area contributed by atoms with Crippen LogP contribution in [0.2, 0.25) is 0 Å². The summed E-state index contributed by atoms with van der Waals surface area (Å²) in [5.74, 6) is -1.15. The maximum atomic E-state index is 12.9. The molecule has 0 unspecified atom stereocenters. The van der Waals surface area contributed by atoms with E-state index >= 15 is 0 Å². The molecular weight excluding hydrogens is 411 g/mol. The highest BCUT2D eigenvalue weighted by Crippen LogP contribution is 2.15. The molecule has 10 heteroatoms. The van der Waals surface area contributed by atoms with E-state index in [0.717, 1.165) is 12.1 Å². The molecule has 0 aliphatic rings. The van der Waals surface area contributed by atoms with E-state index in [4.69, 9.17) is 17.0 Å². The van der Waals surface area contributed by atoms with Crippen LogP contribution in [0.25, 0.3) is 0 Å². The van der Waals surface area contributed by atoms with Crippen LogP contribution in [0, 0.1) is 5.82 Å². The molecule has 2 rings (SSSR count). The molecule has 0 aliphatic carbocycles. The molecule has 8 nitrogen and oxygen atoms in total. The van der Waals surface area contributed by atoms with Gasteiger partial charge in [0.05, 0.1) is 6.61 Å². The van der Waals surface area contributed by atoms with E-state index in [1.807, 2.05) is 6.92 Å². The number of halogens is 1. The van der Waals surface area contributed by atoms with Gasteiger partial charge in [0.1, 0.15) is 11.6 Å². The van der Waals surface area contributed by atoms with Gasteiger partial charge in [-0.15, -0.1) is 0 Å². The number of amides is 3. The number of ether oxygens (including phenoxy) is 1. The van der Waals surface area contributed by atoms with Crippen LogP contribution in [0.3, 0.4) is 0 Å². The average Bonchev–Trinajstić information content (AvgIpc) is 2.73. The van der Waals surface area contributed by atoms with Crippen LogP contribution in [0.15, 0.2) is 48.5 Å². The SMILES string of the molecule is CCOc1ccc(NC(=O)CCC(=O)NNC(=S)NC(=O)c2ccc(F)cc2)cc1. The largest absolute Gasteiger partial charge is 0.494 e. The maximum absolute atomic E-state index is 12.9. The van der Waals surface area contributed by atoms with Gasteiger partial charge in [-0.05, 0) is 67.7 Å². The molecule has 2 aromatic rings. The second-order valence-electron chi connectivity index (χ2n) is 5.97. The predicted octanol–water partition coefficient (Wildman–Crippen LogP) is 2.28. The quantitative estimate of drug-likeness (QED) is 0.395. The topological polar surface area (TPSA) is 109 Å². The van der Waals surface area contributed by atoms with Crippen LogP contribution in [0.1, 0.15) is 30.1 Å². The van der Waals surface area contributed by atoms with Gasteiger partial charge in [-0.3, -0.25) is 30.6 Å². The fourth-order valence-electron chi connectivity index (χ4n) is 2.25. The summed E-state index contributed by atoms with van der Waals surface area (Å²) in [5.41, 5.74) is 5.45. The van der Waals surface area contributed by atoms with Crippen molar-refractivity contribution in [2.75, 3.05) is 11.9 Å². The van der Waals surface area contributed by atoms with Gasteiger partial charge < -0.3 is 10.1 Å². The first-order chi connectivity index (χ1) is 14.4. The molecule has 2 aromatic carbocycles. The summed E-state index contributed by atoms with van der Waals surface area (Å²) < 4.78 is 18.2. The molecule has 3 amide bonds. The monoisotopic (exact) mass is 432 g/mol. The fourth-order valence-corrected chi connectivity index (χ4v) is 2.39. The Morgan fingerprint density at radius 3 is 2.20 bits per heavy atom. The van der Waals surface area contributed by atoms with Gasteiger partial charge in [0.15, 0.2) is 5.11 Å². The highest BCUT2D eigenvalue weighted by molar-refractivity contribution is 7.80. The Kier molecular flexibility index (Phi) is 8.70. The number of anilines is 1. The van der Waals surface area contributed by atoms with E-state index in [2.05, 4.69) is 21.5 Å². The van der Waals surface area contributed by atoms with Gasteiger partial charge >= 0.3 is 0 Å². The molecule has 0 bridgehead atoms. The van der Waals surface area contributed by atoms with Gasteiger partial charge in [0, 0.05) is 24.1 Å². The number of carbonyl (C=O) groups is 3. The lowest BCUT2D eigenvalue weighted by atomic mass is 10.2. The molecule has 0 radical (unpaired) electrons. The van der Waals surface area contributed by atoms with E-state index in [9.17, 15) is 18.8 Å². The third-order valence-electron chi connectivity index (χ3n) is 3.68. The van der Waals surface area contributed by atoms with Crippen LogP contribution in [-0.2, 0) is 9.59 Å². The van der Waals surface area contributed by atoms with Gasteiger partial charge in [0.2, 0.25) is 11.8 Å². The number of nitrogens with one attached hydrogen (secondary N) is 4. The fraction of sp³-hybridized carbons (Fsp3) is 0.200. The van der Waals surface area contributed by atoms with Crippen LogP contribution in [-0.4, -0.2) is 29.4 Å². The molecule has 0 spiro atoms. The highest BCUT2D eigenvalue weighted by Gasteiger charge is 2.10. The molecule has 0 aromatic heterocycles. The van der Waals surface area contributed by atoms with Gasteiger partial charge in [0.25, 0.3) is 5.91 Å². The Bertz CT molecular complexity index is 904. The summed E-state index contributed by atoms with van der Waals surface area (Å²) in [4.78, 5) is 35.7. The van der Waals surface area contributed by atoms with E-state index < -0.39 is 17.6 Å². The minimum atomic E-state index is -0.559. The number of hydrazine groups is 1. The van der Waals surface area contributed by atoms with Crippen LogP contribution in [0.5, 0.6) is 5.75 Å². The molecule has 0 saturated heterocycles. The second-order valence-corrected chi connectivity index (χ2v) is 6.38. The Hall–Kier alpha value is -3.53. The standard InChI is InChI=1S/C20H21FN4O4S/c1-2-29-16-9-7-15(8-10-16)22-17(26)11-12-18(27)24-25-20(30)23-19(28)13-3-5-14(21)6-4-13/h3-10H,2,11-12H2,1H3,(H,22,26)(H,24,27)(H2,23,25,28,30). The minimum absolute atomic E-state index is 0.0462. The smallest absolute Gasteiger partial charge is 0.257 e. The molecule has 0 heterocycles. The Morgan fingerprint density at radius 1 is 0.933 bits per heavy atom. The summed E-state index contributed by atoms with van der Waals surface area (Å²) in [6.45, 7) is 2.43. The van der Waals surface area contributed by atoms with E-state index in [1.54, 1.807) is 24.3 Å². The van der Waals surface area contributed by atoms with Crippen LogP contribution < -0.4 is 26.2 Å². The average molecular weight is 432 g/mol. The summed E-state index contributed by atoms with van der Waals surface area (Å²) in [6.07, 6.45) is -0.139. The van der Waals surface area contributed by atoms with Crippen molar-refractivity contribution in [3.8, 4) is 5.75 Å². The molecule has 158 valence electrons. The van der Waals surface area contributed by atoms with E-state index in [-0.39, 0.29) is 29.4 Å². The van der Waals surface area contributed by atoms with E-state index in [1.165, 1.54) is 12.1 Å². The maximum Gasteiger partial charge on any atom is 0.257 e. The Morgan fingerprint density at radius 2 is 1.57 bits per heavy atom. The number of hydrogen-bond acceptors (Lipinski definition) is 5. The molecule has 4 N–H and O–H groups in total. The van der Waals surface area contributed by atoms with Crippen LogP contribution >= 0.6 is 12.2 Å². The van der Waals surface area contributed by atoms with Crippen molar-refractivity contribution in [3.05, 3.63) is 59.9 Å². The Labute approximate surface area is 178 Å². The van der Waals surface area contributed by atoms with Crippen molar-refractivity contribution in [1.82, 2.24) is 16.2 Å². The Balaban J connectivity index is 1.67. The lowest BCUT2D eigenvalue weighted by molar-refractivity contribution is -0.124. The molecule has 0 saturated carbocycles. The number of benzene rings is 2. The van der Waals surface area contributed by atoms with Crippen molar-refractivity contribution in [2.45, 2.75) is 19.8 Å². The predicted molar refractivity (Wildman–Crippen MR) is 113 cm³/mol. The van der Waals surface area contributed by atoms with Gasteiger partial charge in [-0.2, -0.15) is 0 Å². The first-order valence-corrected chi connectivity index (χ1v) is 9.46. The molecular formula is C20H21FN4O4S. The normalized spacial score (nSPS) is 9.93. The molecule has 0 atom stereocenters. The van der Waals surface area contributed by atoms with Crippen molar-refractivity contribution in [2.24, 2.45) is 0 Å². The van der Waals surface area contributed by atoms with Crippen LogP contribution in [0.4, 0.5) is 10.1 Å². The summed E-state index contributed by atoms with van der Waals surface area (Å²) in [5, 5.41) is 4.87. The van der Waals surface area contributed by atoms with Crippen molar-refractivity contribution >= 4 is 40.7 Å². The zero-order valence-electron chi connectivity index (χ0n) is 16.2. The zero-order valence-corrected chi connectivity index (χ0v) is 17.0. The summed E-state index contributed by atoms with van der Waals surface area (Å²) in [6, 6.07) is 11.8. The lowest BCUT2D eigenvalue weighted by Gasteiger charge is -2.11. The van der Waals surface area contributed by atoms with Crippen molar-refractivity contribution < 1.29 is 23.5 Å². The number of carbonyl (C=O) groups excluding carboxylic acids is 3. The summed E-state index contributed by atoms with van der Waals surface area (Å²) in [7, 11) is 0. The number of thiocarbonyl (C=S) groups is 1. The van der Waals surface area contributed by atoms with Gasteiger partial charge in [-0.25, -0.2) is 4.39 Å². The first-order valence-electron chi connectivity index (χ1n) is 9.06. The first kappa shape index (κ1) is 22.8. The zero-order chi connectivity index (χ0) is 21.9. The van der Waals surface area contributed by atoms with E-state index in [0.29, 0.717) is 18.0 Å². The third-order valence-corrected chi connectivity index (χ3v) is 3.88.